The fourth-order valence-electron chi connectivity index (χ4n) is 2.79. The molecule has 0 atom stereocenters. The third kappa shape index (κ3) is 1.89. The summed E-state index contributed by atoms with van der Waals surface area (Å²) in [6.45, 7) is 1.96. The summed E-state index contributed by atoms with van der Waals surface area (Å²) in [5, 5.41) is 2.13. The van der Waals surface area contributed by atoms with Gasteiger partial charge in [0.2, 0.25) is 5.78 Å². The number of para-hydroxylation sites is 1. The Labute approximate surface area is 126 Å². The zero-order valence-corrected chi connectivity index (χ0v) is 12.3. The molecule has 2 heterocycles. The maximum Gasteiger partial charge on any atom is 0.205 e. The largest absolute Gasteiger partial charge is 0.358 e. The Bertz CT molecular complexity index is 944. The fourth-order valence-corrected chi connectivity index (χ4v) is 3.80. The highest BCUT2D eigenvalue weighted by Crippen LogP contribution is 2.30. The van der Waals surface area contributed by atoms with Crippen LogP contribution in [0.1, 0.15) is 20.9 Å². The molecule has 0 aliphatic rings. The Morgan fingerprint density at radius 3 is 2.67 bits per heavy atom. The van der Waals surface area contributed by atoms with Crippen molar-refractivity contribution in [1.82, 2.24) is 4.98 Å². The van der Waals surface area contributed by atoms with Gasteiger partial charge in [-0.05, 0) is 30.5 Å². The molecule has 0 unspecified atom stereocenters. The van der Waals surface area contributed by atoms with Gasteiger partial charge in [-0.15, -0.1) is 11.3 Å². The number of aromatic nitrogens is 1. The highest BCUT2D eigenvalue weighted by Gasteiger charge is 2.19. The smallest absolute Gasteiger partial charge is 0.205 e. The predicted octanol–water partition coefficient (Wildman–Crippen LogP) is 4.92. The molecule has 0 spiro atoms. The molecule has 0 radical (unpaired) electrons. The molecule has 102 valence electrons. The first-order valence-electron chi connectivity index (χ1n) is 6.84. The fraction of sp³-hybridized carbons (Fsp3) is 0.0556. The quantitative estimate of drug-likeness (QED) is 0.522. The van der Waals surface area contributed by atoms with E-state index in [0.29, 0.717) is 0 Å². The van der Waals surface area contributed by atoms with Crippen LogP contribution in [0.15, 0.2) is 54.6 Å². The van der Waals surface area contributed by atoms with E-state index in [1.807, 2.05) is 55.5 Å². The average molecular weight is 291 g/mol. The molecule has 3 heteroatoms. The van der Waals surface area contributed by atoms with Gasteiger partial charge in [-0.25, -0.2) is 0 Å². The molecule has 0 bridgehead atoms. The summed E-state index contributed by atoms with van der Waals surface area (Å²) in [5.41, 5.74) is 2.73. The van der Waals surface area contributed by atoms with E-state index in [1.165, 1.54) is 0 Å². The highest BCUT2D eigenvalue weighted by atomic mass is 32.1. The van der Waals surface area contributed by atoms with E-state index in [-0.39, 0.29) is 5.78 Å². The van der Waals surface area contributed by atoms with Crippen LogP contribution < -0.4 is 0 Å². The van der Waals surface area contributed by atoms with Gasteiger partial charge in [0.15, 0.2) is 0 Å². The zero-order chi connectivity index (χ0) is 14.4. The number of thiophene rings is 1. The van der Waals surface area contributed by atoms with Crippen LogP contribution in [-0.4, -0.2) is 10.8 Å². The number of aromatic amines is 1. The molecule has 4 aromatic rings. The van der Waals surface area contributed by atoms with Gasteiger partial charge in [-0.2, -0.15) is 0 Å². The minimum atomic E-state index is 0.103. The Morgan fingerprint density at radius 2 is 1.81 bits per heavy atom. The number of benzene rings is 2. The summed E-state index contributed by atoms with van der Waals surface area (Å²) in [6.07, 6.45) is 0. The number of nitrogens with one attached hydrogen (secondary N) is 1. The third-order valence-electron chi connectivity index (χ3n) is 3.77. The number of rotatable bonds is 2. The Balaban J connectivity index is 1.91. The summed E-state index contributed by atoms with van der Waals surface area (Å²) in [5.74, 6) is 0.103. The molecule has 2 nitrogen and oxygen atoms in total. The highest BCUT2D eigenvalue weighted by molar-refractivity contribution is 7.21. The lowest BCUT2D eigenvalue weighted by Crippen LogP contribution is -1.99. The Morgan fingerprint density at radius 1 is 1.05 bits per heavy atom. The Kier molecular flexibility index (Phi) is 2.69. The van der Waals surface area contributed by atoms with Crippen LogP contribution in [0.5, 0.6) is 0 Å². The molecule has 0 amide bonds. The van der Waals surface area contributed by atoms with Crippen LogP contribution in [-0.2, 0) is 0 Å². The van der Waals surface area contributed by atoms with E-state index in [0.717, 1.165) is 37.1 Å². The van der Waals surface area contributed by atoms with E-state index in [1.54, 1.807) is 11.3 Å². The van der Waals surface area contributed by atoms with Crippen molar-refractivity contribution in [2.45, 2.75) is 6.92 Å². The first-order valence-corrected chi connectivity index (χ1v) is 7.66. The normalized spacial score (nSPS) is 11.3. The van der Waals surface area contributed by atoms with Crippen LogP contribution in [0.25, 0.3) is 21.0 Å². The van der Waals surface area contributed by atoms with E-state index >= 15 is 0 Å². The van der Waals surface area contributed by atoms with E-state index < -0.39 is 0 Å². The van der Waals surface area contributed by atoms with Crippen molar-refractivity contribution in [3.8, 4) is 0 Å². The topological polar surface area (TPSA) is 32.9 Å². The molecule has 0 aliphatic heterocycles. The van der Waals surface area contributed by atoms with Crippen molar-refractivity contribution in [1.29, 1.82) is 0 Å². The van der Waals surface area contributed by atoms with Gasteiger partial charge in [-0.1, -0.05) is 36.4 Å². The lowest BCUT2D eigenvalue weighted by atomic mass is 10.1. The van der Waals surface area contributed by atoms with Gasteiger partial charge in [0.05, 0.1) is 10.4 Å². The van der Waals surface area contributed by atoms with E-state index in [2.05, 4.69) is 11.1 Å². The minimum Gasteiger partial charge on any atom is -0.358 e. The molecule has 0 aliphatic carbocycles. The van der Waals surface area contributed by atoms with Gasteiger partial charge in [0.1, 0.15) is 0 Å². The molecule has 0 fully saturated rings. The predicted molar refractivity (Wildman–Crippen MR) is 88.3 cm³/mol. The summed E-state index contributed by atoms with van der Waals surface area (Å²) in [6, 6.07) is 18.0. The van der Waals surface area contributed by atoms with Crippen molar-refractivity contribution in [3.63, 3.8) is 0 Å². The van der Waals surface area contributed by atoms with Crippen LogP contribution in [0.3, 0.4) is 0 Å². The van der Waals surface area contributed by atoms with Crippen LogP contribution in [0, 0.1) is 6.92 Å². The maximum atomic E-state index is 12.9. The minimum absolute atomic E-state index is 0.103. The van der Waals surface area contributed by atoms with Crippen LogP contribution >= 0.6 is 11.3 Å². The number of carbonyl (C=O) groups excluding carboxylic acids is 1. The molecule has 0 saturated heterocycles. The second-order valence-electron chi connectivity index (χ2n) is 5.15. The first kappa shape index (κ1) is 12.4. The molecular formula is C18H13NOS. The molecule has 21 heavy (non-hydrogen) atoms. The van der Waals surface area contributed by atoms with Crippen molar-refractivity contribution < 1.29 is 4.79 Å². The van der Waals surface area contributed by atoms with Gasteiger partial charge in [-0.3, -0.25) is 4.79 Å². The maximum absolute atomic E-state index is 12.9. The lowest BCUT2D eigenvalue weighted by Gasteiger charge is -1.98. The van der Waals surface area contributed by atoms with Gasteiger partial charge >= 0.3 is 0 Å². The second kappa shape index (κ2) is 4.57. The van der Waals surface area contributed by atoms with Crippen molar-refractivity contribution in [2.24, 2.45) is 0 Å². The Hall–Kier alpha value is -2.39. The van der Waals surface area contributed by atoms with Gasteiger partial charge in [0, 0.05) is 21.3 Å². The third-order valence-corrected chi connectivity index (χ3v) is 4.88. The van der Waals surface area contributed by atoms with Crippen LogP contribution in [0.2, 0.25) is 0 Å². The number of ketones is 1. The molecular weight excluding hydrogens is 278 g/mol. The van der Waals surface area contributed by atoms with Gasteiger partial charge in [0.25, 0.3) is 0 Å². The molecule has 4 rings (SSSR count). The monoisotopic (exact) mass is 291 g/mol. The molecule has 2 aromatic heterocycles. The standard InChI is InChI=1S/C18H13NOS/c1-11-17(13-7-3-4-8-14(13)19-11)18(20)16-10-12-6-2-5-9-15(12)21-16/h2-10,19H,1H3. The van der Waals surface area contributed by atoms with Crippen LogP contribution in [0.4, 0.5) is 0 Å². The summed E-state index contributed by atoms with van der Waals surface area (Å²) in [7, 11) is 0. The number of H-pyrrole nitrogens is 1. The van der Waals surface area contributed by atoms with Gasteiger partial charge < -0.3 is 4.98 Å². The molecule has 2 aromatic carbocycles. The van der Waals surface area contributed by atoms with Crippen molar-refractivity contribution in [2.75, 3.05) is 0 Å². The van der Waals surface area contributed by atoms with E-state index in [9.17, 15) is 4.79 Å². The number of hydrogen-bond acceptors (Lipinski definition) is 2. The number of aryl methyl sites for hydroxylation is 1. The summed E-state index contributed by atoms with van der Waals surface area (Å²) in [4.78, 5) is 17.0. The summed E-state index contributed by atoms with van der Waals surface area (Å²) >= 11 is 1.56. The number of hydrogen-bond donors (Lipinski definition) is 1. The zero-order valence-electron chi connectivity index (χ0n) is 11.5. The second-order valence-corrected chi connectivity index (χ2v) is 6.23. The number of fused-ring (bicyclic) bond motifs is 2. The molecule has 1 N–H and O–H groups in total. The van der Waals surface area contributed by atoms with Crippen molar-refractivity contribution in [3.05, 3.63) is 70.7 Å². The average Bonchev–Trinajstić information content (AvgIpc) is 3.06. The first-order chi connectivity index (χ1) is 10.2. The molecule has 0 saturated carbocycles. The summed E-state index contributed by atoms with van der Waals surface area (Å²) < 4.78 is 1.15. The van der Waals surface area contributed by atoms with Crippen molar-refractivity contribution >= 4 is 38.1 Å². The number of carbonyl (C=O) groups is 1. The lowest BCUT2D eigenvalue weighted by molar-refractivity contribution is 0.104. The van der Waals surface area contributed by atoms with E-state index in [4.69, 9.17) is 0 Å². The SMILES string of the molecule is Cc1[nH]c2ccccc2c1C(=O)c1cc2ccccc2s1.